The lowest BCUT2D eigenvalue weighted by Gasteiger charge is -2.27. The first-order chi connectivity index (χ1) is 10.4. The van der Waals surface area contributed by atoms with Crippen LogP contribution in [0.4, 0.5) is 4.79 Å². The van der Waals surface area contributed by atoms with Crippen LogP contribution in [-0.2, 0) is 10.3 Å². The van der Waals surface area contributed by atoms with Crippen molar-refractivity contribution in [1.82, 2.24) is 10.2 Å². The molecule has 1 aliphatic rings. The zero-order chi connectivity index (χ0) is 15.9. The van der Waals surface area contributed by atoms with Crippen molar-refractivity contribution in [2.75, 3.05) is 7.05 Å². The molecule has 0 saturated carbocycles. The lowest BCUT2D eigenvalue weighted by Crippen LogP contribution is -2.44. The zero-order valence-corrected chi connectivity index (χ0v) is 14.8. The normalized spacial score (nSPS) is 16.8. The van der Waals surface area contributed by atoms with Gasteiger partial charge in [0, 0.05) is 16.0 Å². The van der Waals surface area contributed by atoms with Crippen LogP contribution in [0.2, 0.25) is 0 Å². The van der Waals surface area contributed by atoms with Gasteiger partial charge in [-0.05, 0) is 35.4 Å². The van der Waals surface area contributed by atoms with Crippen molar-refractivity contribution < 1.29 is 9.59 Å². The van der Waals surface area contributed by atoms with E-state index in [0.717, 1.165) is 25.0 Å². The second kappa shape index (κ2) is 5.52. The van der Waals surface area contributed by atoms with Crippen molar-refractivity contribution in [3.63, 3.8) is 0 Å². The largest absolute Gasteiger partial charge is 0.325 e. The fraction of sp³-hybridized carbons (Fsp3) is 0.125. The van der Waals surface area contributed by atoms with Gasteiger partial charge in [-0.2, -0.15) is 0 Å². The summed E-state index contributed by atoms with van der Waals surface area (Å²) in [6.07, 6.45) is 0. The van der Waals surface area contributed by atoms with Crippen LogP contribution in [-0.4, -0.2) is 23.9 Å². The number of urea groups is 1. The minimum Gasteiger partial charge on any atom is -0.316 e. The van der Waals surface area contributed by atoms with E-state index in [-0.39, 0.29) is 5.91 Å². The molecule has 3 rings (SSSR count). The van der Waals surface area contributed by atoms with Crippen LogP contribution in [0.5, 0.6) is 0 Å². The fourth-order valence-electron chi connectivity index (χ4n) is 2.60. The van der Waals surface area contributed by atoms with Crippen molar-refractivity contribution in [3.05, 3.63) is 68.6 Å². The van der Waals surface area contributed by atoms with Gasteiger partial charge in [-0.15, -0.1) is 0 Å². The molecule has 1 fully saturated rings. The number of hydrogen-bond acceptors (Lipinski definition) is 2. The number of halogens is 2. The zero-order valence-electron chi connectivity index (χ0n) is 11.6. The molecule has 0 spiro atoms. The number of carbonyl (C=O) groups is 2. The number of benzene rings is 2. The highest BCUT2D eigenvalue weighted by Crippen LogP contribution is 2.36. The van der Waals surface area contributed by atoms with Gasteiger partial charge in [-0.25, -0.2) is 4.79 Å². The highest BCUT2D eigenvalue weighted by Gasteiger charge is 2.52. The third kappa shape index (κ3) is 2.27. The summed E-state index contributed by atoms with van der Waals surface area (Å²) < 4.78 is 1.82. The van der Waals surface area contributed by atoms with Crippen LogP contribution in [0.3, 0.4) is 0 Å². The highest BCUT2D eigenvalue weighted by atomic mass is 79.9. The Hall–Kier alpha value is -1.66. The van der Waals surface area contributed by atoms with Crippen molar-refractivity contribution in [1.29, 1.82) is 0 Å². The Balaban J connectivity index is 2.23. The number of nitrogens with zero attached hydrogens (tertiary/aromatic N) is 1. The Kier molecular flexibility index (Phi) is 3.82. The molecule has 3 amide bonds. The molecule has 6 heteroatoms. The molecule has 1 N–H and O–H groups in total. The van der Waals surface area contributed by atoms with Gasteiger partial charge < -0.3 is 5.32 Å². The van der Waals surface area contributed by atoms with Gasteiger partial charge in [0.15, 0.2) is 5.54 Å². The Morgan fingerprint density at radius 3 is 1.59 bits per heavy atom. The van der Waals surface area contributed by atoms with Gasteiger partial charge in [0.1, 0.15) is 0 Å². The predicted molar refractivity (Wildman–Crippen MR) is 90.4 cm³/mol. The van der Waals surface area contributed by atoms with E-state index in [1.165, 1.54) is 7.05 Å². The topological polar surface area (TPSA) is 49.4 Å². The van der Waals surface area contributed by atoms with Gasteiger partial charge in [0.2, 0.25) is 0 Å². The average molecular weight is 424 g/mol. The average Bonchev–Trinajstić information content (AvgIpc) is 2.74. The first-order valence-corrected chi connectivity index (χ1v) is 8.16. The number of nitrogens with one attached hydrogen (secondary N) is 1. The van der Waals surface area contributed by atoms with Crippen LogP contribution in [0.1, 0.15) is 11.1 Å². The molecule has 0 aliphatic carbocycles. The Morgan fingerprint density at radius 2 is 1.27 bits per heavy atom. The molecular weight excluding hydrogens is 412 g/mol. The Bertz CT molecular complexity index is 696. The second-order valence-electron chi connectivity index (χ2n) is 5.06. The molecule has 1 saturated heterocycles. The van der Waals surface area contributed by atoms with E-state index >= 15 is 0 Å². The molecule has 4 nitrogen and oxygen atoms in total. The maximum Gasteiger partial charge on any atom is 0.325 e. The van der Waals surface area contributed by atoms with Crippen molar-refractivity contribution in [3.8, 4) is 0 Å². The SMILES string of the molecule is CN1C(=O)NC(c2ccc(Br)cc2)(c2ccc(Br)cc2)C1=O. The lowest BCUT2D eigenvalue weighted by molar-refractivity contribution is -0.129. The molecule has 0 radical (unpaired) electrons. The summed E-state index contributed by atoms with van der Waals surface area (Å²) in [5, 5.41) is 2.85. The minimum atomic E-state index is -1.19. The van der Waals surface area contributed by atoms with Crippen LogP contribution in [0, 0.1) is 0 Å². The summed E-state index contributed by atoms with van der Waals surface area (Å²) in [6, 6.07) is 14.4. The standard InChI is InChI=1S/C16H12Br2N2O2/c1-20-14(21)16(19-15(20)22,10-2-6-12(17)7-3-10)11-4-8-13(18)9-5-11/h2-9H,1H3,(H,19,22). The number of hydrogen-bond donors (Lipinski definition) is 1. The fourth-order valence-corrected chi connectivity index (χ4v) is 3.13. The van der Waals surface area contributed by atoms with Crippen molar-refractivity contribution in [2.24, 2.45) is 0 Å². The maximum absolute atomic E-state index is 12.8. The van der Waals surface area contributed by atoms with E-state index in [9.17, 15) is 9.59 Å². The van der Waals surface area contributed by atoms with Crippen molar-refractivity contribution in [2.45, 2.75) is 5.54 Å². The summed E-state index contributed by atoms with van der Waals surface area (Å²) in [5.74, 6) is -0.290. The van der Waals surface area contributed by atoms with Crippen LogP contribution in [0.25, 0.3) is 0 Å². The molecule has 1 heterocycles. The summed E-state index contributed by atoms with van der Waals surface area (Å²) in [5.41, 5.74) is 0.259. The van der Waals surface area contributed by atoms with E-state index in [1.807, 2.05) is 48.5 Å². The van der Waals surface area contributed by atoms with E-state index in [2.05, 4.69) is 37.2 Å². The second-order valence-corrected chi connectivity index (χ2v) is 6.89. The monoisotopic (exact) mass is 422 g/mol. The van der Waals surface area contributed by atoms with Gasteiger partial charge in [0.25, 0.3) is 5.91 Å². The molecule has 112 valence electrons. The maximum atomic E-state index is 12.8. The van der Waals surface area contributed by atoms with Gasteiger partial charge in [-0.3, -0.25) is 9.69 Å². The quantitative estimate of drug-likeness (QED) is 0.749. The van der Waals surface area contributed by atoms with Gasteiger partial charge in [0.05, 0.1) is 0 Å². The van der Waals surface area contributed by atoms with Crippen LogP contribution < -0.4 is 5.32 Å². The molecule has 2 aromatic carbocycles. The van der Waals surface area contributed by atoms with E-state index in [1.54, 1.807) is 0 Å². The summed E-state index contributed by atoms with van der Waals surface area (Å²) in [7, 11) is 1.48. The summed E-state index contributed by atoms with van der Waals surface area (Å²) in [4.78, 5) is 26.0. The molecule has 0 bridgehead atoms. The van der Waals surface area contributed by atoms with Gasteiger partial charge in [-0.1, -0.05) is 56.1 Å². The van der Waals surface area contributed by atoms with Crippen molar-refractivity contribution >= 4 is 43.8 Å². The number of imide groups is 1. The van der Waals surface area contributed by atoms with Gasteiger partial charge >= 0.3 is 6.03 Å². The van der Waals surface area contributed by atoms with E-state index in [4.69, 9.17) is 0 Å². The predicted octanol–water partition coefficient (Wildman–Crippen LogP) is 3.64. The molecular formula is C16H12Br2N2O2. The minimum absolute atomic E-state index is 0.290. The number of likely N-dealkylation sites (N-methyl/N-ethyl adjacent to an activating group) is 1. The molecule has 22 heavy (non-hydrogen) atoms. The van der Waals surface area contributed by atoms with E-state index in [0.29, 0.717) is 0 Å². The number of carbonyl (C=O) groups excluding carboxylic acids is 2. The lowest BCUT2D eigenvalue weighted by atomic mass is 9.83. The summed E-state index contributed by atoms with van der Waals surface area (Å²) in [6.45, 7) is 0. The number of rotatable bonds is 2. The third-order valence-corrected chi connectivity index (χ3v) is 4.84. The Labute approximate surface area is 144 Å². The Morgan fingerprint density at radius 1 is 0.864 bits per heavy atom. The molecule has 1 aliphatic heterocycles. The molecule has 0 unspecified atom stereocenters. The molecule has 0 atom stereocenters. The highest BCUT2D eigenvalue weighted by molar-refractivity contribution is 9.10. The van der Waals surface area contributed by atoms with E-state index < -0.39 is 11.6 Å². The van der Waals surface area contributed by atoms with Crippen LogP contribution >= 0.6 is 31.9 Å². The molecule has 0 aromatic heterocycles. The first kappa shape index (κ1) is 15.2. The third-order valence-electron chi connectivity index (χ3n) is 3.78. The summed E-state index contributed by atoms with van der Waals surface area (Å²) >= 11 is 6.77. The first-order valence-electron chi connectivity index (χ1n) is 6.57. The molecule has 2 aromatic rings. The van der Waals surface area contributed by atoms with Crippen LogP contribution in [0.15, 0.2) is 57.5 Å². The smallest absolute Gasteiger partial charge is 0.316 e. The number of amides is 3.